The van der Waals surface area contributed by atoms with Gasteiger partial charge in [0.15, 0.2) is 0 Å². The summed E-state index contributed by atoms with van der Waals surface area (Å²) in [5, 5.41) is 2.92. The van der Waals surface area contributed by atoms with Crippen molar-refractivity contribution < 1.29 is 13.6 Å². The van der Waals surface area contributed by atoms with E-state index in [2.05, 4.69) is 15.2 Å². The van der Waals surface area contributed by atoms with Crippen molar-refractivity contribution >= 4 is 11.7 Å². The van der Waals surface area contributed by atoms with Gasteiger partial charge in [-0.15, -0.1) is 0 Å². The van der Waals surface area contributed by atoms with Gasteiger partial charge in [0.05, 0.1) is 5.92 Å². The van der Waals surface area contributed by atoms with Crippen LogP contribution in [0.3, 0.4) is 0 Å². The summed E-state index contributed by atoms with van der Waals surface area (Å²) >= 11 is 0. The Bertz CT molecular complexity index is 812. The molecule has 0 saturated carbocycles. The summed E-state index contributed by atoms with van der Waals surface area (Å²) in [6.45, 7) is 5.23. The number of likely N-dealkylation sites (tertiary alicyclic amines) is 1. The average molecular weight is 373 g/mol. The lowest BCUT2D eigenvalue weighted by atomic mass is 9.93. The predicted octanol–water partition coefficient (Wildman–Crippen LogP) is 4.47. The number of amides is 1. The quantitative estimate of drug-likeness (QED) is 0.841. The molecule has 1 N–H and O–H groups in total. The third-order valence-corrected chi connectivity index (χ3v) is 5.22. The molecule has 6 heteroatoms. The van der Waals surface area contributed by atoms with Crippen LogP contribution in [0.5, 0.6) is 0 Å². The molecule has 144 valence electrons. The molecule has 1 aromatic heterocycles. The van der Waals surface area contributed by atoms with Crippen molar-refractivity contribution in [3.8, 4) is 0 Å². The number of piperidine rings is 1. The van der Waals surface area contributed by atoms with Crippen LogP contribution >= 0.6 is 0 Å². The third kappa shape index (κ3) is 4.50. The maximum absolute atomic E-state index is 14.3. The molecule has 0 unspecified atom stereocenters. The van der Waals surface area contributed by atoms with Crippen LogP contribution in [-0.4, -0.2) is 28.9 Å². The molecule has 0 bridgehead atoms. The zero-order valence-electron chi connectivity index (χ0n) is 15.7. The largest absolute Gasteiger partial charge is 0.310 e. The number of carbonyl (C=O) groups excluding carboxylic acids is 1. The van der Waals surface area contributed by atoms with E-state index >= 15 is 0 Å². The van der Waals surface area contributed by atoms with Gasteiger partial charge < -0.3 is 5.32 Å². The maximum Gasteiger partial charge on any atom is 0.229 e. The highest BCUT2D eigenvalue weighted by molar-refractivity contribution is 5.92. The lowest BCUT2D eigenvalue weighted by molar-refractivity contribution is -0.121. The van der Waals surface area contributed by atoms with E-state index in [4.69, 9.17) is 0 Å². The van der Waals surface area contributed by atoms with Gasteiger partial charge in [0.2, 0.25) is 5.91 Å². The molecule has 1 aromatic carbocycles. The molecule has 2 atom stereocenters. The van der Waals surface area contributed by atoms with Gasteiger partial charge in [-0.3, -0.25) is 9.69 Å². The van der Waals surface area contributed by atoms with Crippen molar-refractivity contribution in [2.24, 2.45) is 5.92 Å². The zero-order chi connectivity index (χ0) is 19.4. The van der Waals surface area contributed by atoms with Crippen LogP contribution in [0.25, 0.3) is 0 Å². The monoisotopic (exact) mass is 373 g/mol. The van der Waals surface area contributed by atoms with Crippen molar-refractivity contribution in [2.45, 2.75) is 39.2 Å². The Kier molecular flexibility index (Phi) is 6.16. The third-order valence-electron chi connectivity index (χ3n) is 5.22. The van der Waals surface area contributed by atoms with E-state index in [0.717, 1.165) is 31.0 Å². The number of hydrogen-bond acceptors (Lipinski definition) is 3. The molecule has 4 nitrogen and oxygen atoms in total. The first-order chi connectivity index (χ1) is 13.0. The average Bonchev–Trinajstić information content (AvgIpc) is 2.66. The Labute approximate surface area is 158 Å². The van der Waals surface area contributed by atoms with Crippen LogP contribution in [0.2, 0.25) is 0 Å². The number of pyridine rings is 1. The molecule has 27 heavy (non-hydrogen) atoms. The van der Waals surface area contributed by atoms with Crippen molar-refractivity contribution in [3.63, 3.8) is 0 Å². The fourth-order valence-electron chi connectivity index (χ4n) is 3.79. The fraction of sp³-hybridized carbons (Fsp3) is 0.429. The number of rotatable bonds is 5. The minimum Gasteiger partial charge on any atom is -0.310 e. The minimum absolute atomic E-state index is 0.0593. The van der Waals surface area contributed by atoms with Gasteiger partial charge >= 0.3 is 0 Å². The number of aromatic nitrogens is 1. The van der Waals surface area contributed by atoms with Gasteiger partial charge in [-0.2, -0.15) is 0 Å². The van der Waals surface area contributed by atoms with E-state index in [1.54, 1.807) is 6.20 Å². The lowest BCUT2D eigenvalue weighted by Gasteiger charge is -2.37. The van der Waals surface area contributed by atoms with Gasteiger partial charge in [0.25, 0.3) is 0 Å². The number of anilines is 1. The highest BCUT2D eigenvalue weighted by atomic mass is 19.1. The second-order valence-electron chi connectivity index (χ2n) is 7.08. The van der Waals surface area contributed by atoms with Crippen LogP contribution in [0.15, 0.2) is 36.5 Å². The summed E-state index contributed by atoms with van der Waals surface area (Å²) in [6.07, 6.45) is 3.99. The minimum atomic E-state index is -0.576. The Morgan fingerprint density at radius 2 is 2.19 bits per heavy atom. The van der Waals surface area contributed by atoms with E-state index in [-0.39, 0.29) is 17.9 Å². The van der Waals surface area contributed by atoms with E-state index in [0.29, 0.717) is 24.3 Å². The highest BCUT2D eigenvalue weighted by Gasteiger charge is 2.31. The summed E-state index contributed by atoms with van der Waals surface area (Å²) in [7, 11) is 0. The number of benzene rings is 1. The number of nitrogens with one attached hydrogen (secondary N) is 1. The SMILES string of the molecule is CC[C@H](c1ccc(F)cc1F)N1CCC[C@H](C(=O)Nc2ncccc2C)C1. The molecule has 1 amide bonds. The van der Waals surface area contributed by atoms with Gasteiger partial charge in [0, 0.05) is 30.4 Å². The van der Waals surface area contributed by atoms with E-state index in [1.807, 2.05) is 26.0 Å². The lowest BCUT2D eigenvalue weighted by Crippen LogP contribution is -2.42. The second kappa shape index (κ2) is 8.57. The molecule has 0 radical (unpaired) electrons. The molecule has 3 rings (SSSR count). The first-order valence-electron chi connectivity index (χ1n) is 9.41. The van der Waals surface area contributed by atoms with Crippen molar-refractivity contribution in [1.82, 2.24) is 9.88 Å². The summed E-state index contributed by atoms with van der Waals surface area (Å²) < 4.78 is 27.5. The van der Waals surface area contributed by atoms with Crippen LogP contribution < -0.4 is 5.32 Å². The van der Waals surface area contributed by atoms with Crippen LogP contribution in [0.1, 0.15) is 43.4 Å². The van der Waals surface area contributed by atoms with E-state index in [1.165, 1.54) is 12.1 Å². The summed E-state index contributed by atoms with van der Waals surface area (Å²) in [6, 6.07) is 7.30. The van der Waals surface area contributed by atoms with Crippen molar-refractivity contribution in [3.05, 3.63) is 59.3 Å². The number of aryl methyl sites for hydroxylation is 1. The molecule has 2 aromatic rings. The first kappa shape index (κ1) is 19.4. The molecular weight excluding hydrogens is 348 g/mol. The maximum atomic E-state index is 14.3. The number of nitrogens with zero attached hydrogens (tertiary/aromatic N) is 2. The molecule has 1 fully saturated rings. The van der Waals surface area contributed by atoms with Gasteiger partial charge in [-0.1, -0.05) is 19.1 Å². The normalized spacial score (nSPS) is 18.9. The number of hydrogen-bond donors (Lipinski definition) is 1. The zero-order valence-corrected chi connectivity index (χ0v) is 15.7. The van der Waals surface area contributed by atoms with Gasteiger partial charge in [-0.05, 0) is 50.4 Å². The Morgan fingerprint density at radius 1 is 1.37 bits per heavy atom. The first-order valence-corrected chi connectivity index (χ1v) is 9.41. The molecule has 2 heterocycles. The Hall–Kier alpha value is -2.34. The van der Waals surface area contributed by atoms with Crippen molar-refractivity contribution in [1.29, 1.82) is 0 Å². The molecule has 0 aliphatic carbocycles. The van der Waals surface area contributed by atoms with Gasteiger partial charge in [0.1, 0.15) is 17.5 Å². The summed E-state index contributed by atoms with van der Waals surface area (Å²) in [4.78, 5) is 19.1. The topological polar surface area (TPSA) is 45.2 Å². The molecule has 1 saturated heterocycles. The highest BCUT2D eigenvalue weighted by Crippen LogP contribution is 2.31. The Morgan fingerprint density at radius 3 is 2.89 bits per heavy atom. The van der Waals surface area contributed by atoms with Crippen LogP contribution in [-0.2, 0) is 4.79 Å². The standard InChI is InChI=1S/C21H25F2N3O/c1-3-19(17-9-8-16(22)12-18(17)23)26-11-5-7-15(13-26)21(27)25-20-14(2)6-4-10-24-20/h4,6,8-10,12,15,19H,3,5,7,11,13H2,1-2H3,(H,24,25,27)/t15-,19+/m0/s1. The van der Waals surface area contributed by atoms with E-state index in [9.17, 15) is 13.6 Å². The van der Waals surface area contributed by atoms with Crippen LogP contribution in [0, 0.1) is 24.5 Å². The molecule has 1 aliphatic rings. The fourth-order valence-corrected chi connectivity index (χ4v) is 3.79. The summed E-state index contributed by atoms with van der Waals surface area (Å²) in [5.41, 5.74) is 1.40. The predicted molar refractivity (Wildman–Crippen MR) is 101 cm³/mol. The van der Waals surface area contributed by atoms with Crippen molar-refractivity contribution in [2.75, 3.05) is 18.4 Å². The van der Waals surface area contributed by atoms with E-state index < -0.39 is 11.6 Å². The van der Waals surface area contributed by atoms with Gasteiger partial charge in [-0.25, -0.2) is 13.8 Å². The summed E-state index contributed by atoms with van der Waals surface area (Å²) in [5.74, 6) is -0.768. The van der Waals surface area contributed by atoms with Crippen LogP contribution in [0.4, 0.5) is 14.6 Å². The smallest absolute Gasteiger partial charge is 0.229 e. The second-order valence-corrected chi connectivity index (χ2v) is 7.08. The molecule has 1 aliphatic heterocycles. The molecule has 0 spiro atoms. The molecular formula is C21H25F2N3O. The number of halogens is 2. The number of carbonyl (C=O) groups is 1. The Balaban J connectivity index is 1.72.